The van der Waals surface area contributed by atoms with Gasteiger partial charge in [-0.1, -0.05) is 18.6 Å². The molecule has 1 aromatic carbocycles. The van der Waals surface area contributed by atoms with Crippen molar-refractivity contribution in [3.8, 4) is 0 Å². The van der Waals surface area contributed by atoms with Crippen molar-refractivity contribution in [1.82, 2.24) is 5.32 Å². The molecule has 5 nitrogen and oxygen atoms in total. The third-order valence-corrected chi connectivity index (χ3v) is 4.04. The molecule has 0 radical (unpaired) electrons. The number of carboxylic acid groups (broad SMARTS) is 1. The zero-order valence-electron chi connectivity index (χ0n) is 11.8. The van der Waals surface area contributed by atoms with Gasteiger partial charge in [-0.15, -0.1) is 0 Å². The molecule has 0 spiro atoms. The minimum atomic E-state index is -0.817. The molecule has 2 N–H and O–H groups in total. The van der Waals surface area contributed by atoms with Gasteiger partial charge < -0.3 is 10.4 Å². The van der Waals surface area contributed by atoms with E-state index in [-0.39, 0.29) is 12.6 Å². The molecule has 1 fully saturated rings. The van der Waals surface area contributed by atoms with Crippen LogP contribution in [-0.4, -0.2) is 30.7 Å². The Morgan fingerprint density at radius 2 is 2.10 bits per heavy atom. The Labute approximate surface area is 118 Å². The van der Waals surface area contributed by atoms with Crippen LogP contribution in [0.3, 0.4) is 0 Å². The highest BCUT2D eigenvalue weighted by Gasteiger charge is 2.44. The van der Waals surface area contributed by atoms with E-state index in [9.17, 15) is 14.7 Å². The van der Waals surface area contributed by atoms with Crippen LogP contribution in [0.15, 0.2) is 24.3 Å². The van der Waals surface area contributed by atoms with Gasteiger partial charge in [0, 0.05) is 19.3 Å². The first-order chi connectivity index (χ1) is 9.44. The lowest BCUT2D eigenvalue weighted by molar-refractivity contribution is -0.153. The Bertz CT molecular complexity index is 524. The average molecular weight is 276 g/mol. The van der Waals surface area contributed by atoms with Crippen molar-refractivity contribution >= 4 is 17.7 Å². The van der Waals surface area contributed by atoms with Crippen LogP contribution in [0.1, 0.15) is 24.8 Å². The Morgan fingerprint density at radius 1 is 1.40 bits per heavy atom. The van der Waals surface area contributed by atoms with Crippen molar-refractivity contribution in [3.63, 3.8) is 0 Å². The molecule has 0 saturated heterocycles. The van der Waals surface area contributed by atoms with E-state index in [4.69, 9.17) is 0 Å². The smallest absolute Gasteiger partial charge is 0.321 e. The van der Waals surface area contributed by atoms with Gasteiger partial charge in [-0.05, 0) is 37.5 Å². The fourth-order valence-electron chi connectivity index (χ4n) is 2.39. The molecule has 108 valence electrons. The normalized spacial score (nSPS) is 16.1. The molecule has 0 unspecified atom stereocenters. The summed E-state index contributed by atoms with van der Waals surface area (Å²) in [5.41, 5.74) is 1.10. The Hall–Kier alpha value is -2.04. The van der Waals surface area contributed by atoms with Gasteiger partial charge in [-0.2, -0.15) is 0 Å². The van der Waals surface area contributed by atoms with Gasteiger partial charge in [0.15, 0.2) is 0 Å². The highest BCUT2D eigenvalue weighted by Crippen LogP contribution is 2.40. The summed E-state index contributed by atoms with van der Waals surface area (Å²) in [4.78, 5) is 24.8. The second-order valence-corrected chi connectivity index (χ2v) is 5.50. The number of benzene rings is 1. The van der Waals surface area contributed by atoms with Crippen LogP contribution in [0.2, 0.25) is 0 Å². The molecule has 2 amide bonds. The molecule has 0 atom stereocenters. The summed E-state index contributed by atoms with van der Waals surface area (Å²) < 4.78 is 0. The molecule has 1 aromatic rings. The maximum Gasteiger partial charge on any atom is 0.321 e. The number of rotatable bonds is 4. The monoisotopic (exact) mass is 276 g/mol. The lowest BCUT2D eigenvalue weighted by Crippen LogP contribution is -2.50. The SMILES string of the molecule is Cc1cccc(N(C)C(=O)NCC2(C(=O)O)CCC2)c1. The third kappa shape index (κ3) is 2.76. The molecule has 1 saturated carbocycles. The number of aryl methyl sites for hydroxylation is 1. The number of carbonyl (C=O) groups excluding carboxylic acids is 1. The van der Waals surface area contributed by atoms with Gasteiger partial charge in [0.05, 0.1) is 5.41 Å². The Kier molecular flexibility index (Phi) is 3.97. The number of nitrogens with one attached hydrogen (secondary N) is 1. The Morgan fingerprint density at radius 3 is 2.60 bits per heavy atom. The molecule has 5 heteroatoms. The first-order valence-corrected chi connectivity index (χ1v) is 6.76. The van der Waals surface area contributed by atoms with E-state index in [0.717, 1.165) is 17.7 Å². The van der Waals surface area contributed by atoms with E-state index in [1.807, 2.05) is 31.2 Å². The van der Waals surface area contributed by atoms with E-state index in [1.165, 1.54) is 4.90 Å². The number of nitrogens with zero attached hydrogens (tertiary/aromatic N) is 1. The lowest BCUT2D eigenvalue weighted by atomic mass is 9.69. The minimum Gasteiger partial charge on any atom is -0.481 e. The maximum atomic E-state index is 12.1. The second kappa shape index (κ2) is 5.53. The summed E-state index contributed by atoms with van der Waals surface area (Å²) in [5.74, 6) is -0.817. The fourth-order valence-corrected chi connectivity index (χ4v) is 2.39. The van der Waals surface area contributed by atoms with Gasteiger partial charge in [-0.25, -0.2) is 4.79 Å². The summed E-state index contributed by atoms with van der Waals surface area (Å²) in [6.07, 6.45) is 2.18. The van der Waals surface area contributed by atoms with Crippen molar-refractivity contribution < 1.29 is 14.7 Å². The summed E-state index contributed by atoms with van der Waals surface area (Å²) in [7, 11) is 1.68. The molecule has 0 aromatic heterocycles. The van der Waals surface area contributed by atoms with Crippen LogP contribution in [0.5, 0.6) is 0 Å². The number of amides is 2. The average Bonchev–Trinajstić information content (AvgIpc) is 2.35. The molecule has 20 heavy (non-hydrogen) atoms. The van der Waals surface area contributed by atoms with E-state index < -0.39 is 11.4 Å². The van der Waals surface area contributed by atoms with Crippen molar-refractivity contribution in [1.29, 1.82) is 0 Å². The number of carbonyl (C=O) groups is 2. The number of hydrogen-bond donors (Lipinski definition) is 2. The van der Waals surface area contributed by atoms with Crippen molar-refractivity contribution in [2.24, 2.45) is 5.41 Å². The van der Waals surface area contributed by atoms with Crippen molar-refractivity contribution in [2.45, 2.75) is 26.2 Å². The number of urea groups is 1. The van der Waals surface area contributed by atoms with Gasteiger partial charge in [0.2, 0.25) is 0 Å². The minimum absolute atomic E-state index is 0.192. The van der Waals surface area contributed by atoms with E-state index in [1.54, 1.807) is 7.05 Å². The van der Waals surface area contributed by atoms with E-state index in [0.29, 0.717) is 12.8 Å². The predicted molar refractivity (Wildman–Crippen MR) is 76.9 cm³/mol. The van der Waals surface area contributed by atoms with Crippen LogP contribution < -0.4 is 10.2 Å². The van der Waals surface area contributed by atoms with E-state index >= 15 is 0 Å². The van der Waals surface area contributed by atoms with Crippen molar-refractivity contribution in [3.05, 3.63) is 29.8 Å². The van der Waals surface area contributed by atoms with Gasteiger partial charge in [0.25, 0.3) is 0 Å². The number of hydrogen-bond acceptors (Lipinski definition) is 2. The Balaban J connectivity index is 1.96. The van der Waals surface area contributed by atoms with Crippen LogP contribution in [0.4, 0.5) is 10.5 Å². The van der Waals surface area contributed by atoms with Crippen molar-refractivity contribution in [2.75, 3.05) is 18.5 Å². The zero-order valence-corrected chi connectivity index (χ0v) is 11.8. The largest absolute Gasteiger partial charge is 0.481 e. The molecule has 2 rings (SSSR count). The van der Waals surface area contributed by atoms with Crippen LogP contribution in [-0.2, 0) is 4.79 Å². The topological polar surface area (TPSA) is 69.6 Å². The molecular formula is C15H20N2O3. The molecule has 0 aliphatic heterocycles. The molecule has 0 bridgehead atoms. The summed E-state index contributed by atoms with van der Waals surface area (Å²) in [5, 5.41) is 12.0. The zero-order chi connectivity index (χ0) is 14.8. The molecular weight excluding hydrogens is 256 g/mol. The molecule has 1 aliphatic carbocycles. The molecule has 1 aliphatic rings. The predicted octanol–water partition coefficient (Wildman–Crippen LogP) is 2.40. The first-order valence-electron chi connectivity index (χ1n) is 6.76. The second-order valence-electron chi connectivity index (χ2n) is 5.50. The standard InChI is InChI=1S/C15H20N2O3/c1-11-5-3-6-12(9-11)17(2)14(20)16-10-15(13(18)19)7-4-8-15/h3,5-6,9H,4,7-8,10H2,1-2H3,(H,16,20)(H,18,19). The van der Waals surface area contributed by atoms with Gasteiger partial charge in [-0.3, -0.25) is 9.69 Å². The van der Waals surface area contributed by atoms with Gasteiger partial charge in [0.1, 0.15) is 0 Å². The third-order valence-electron chi connectivity index (χ3n) is 4.04. The number of anilines is 1. The highest BCUT2D eigenvalue weighted by molar-refractivity contribution is 5.92. The van der Waals surface area contributed by atoms with E-state index in [2.05, 4.69) is 5.32 Å². The first kappa shape index (κ1) is 14.4. The van der Waals surface area contributed by atoms with Crippen LogP contribution in [0.25, 0.3) is 0 Å². The summed E-state index contributed by atoms with van der Waals surface area (Å²) in [6.45, 7) is 2.15. The number of carboxylic acids is 1. The quantitative estimate of drug-likeness (QED) is 0.887. The van der Waals surface area contributed by atoms with Crippen LogP contribution in [0, 0.1) is 12.3 Å². The van der Waals surface area contributed by atoms with Crippen LogP contribution >= 0.6 is 0 Å². The highest BCUT2D eigenvalue weighted by atomic mass is 16.4. The fraction of sp³-hybridized carbons (Fsp3) is 0.467. The lowest BCUT2D eigenvalue weighted by Gasteiger charge is -2.37. The maximum absolute atomic E-state index is 12.1. The van der Waals surface area contributed by atoms with Gasteiger partial charge >= 0.3 is 12.0 Å². The molecule has 0 heterocycles. The summed E-state index contributed by atoms with van der Waals surface area (Å²) in [6, 6.07) is 7.34. The number of aliphatic carboxylic acids is 1. The summed E-state index contributed by atoms with van der Waals surface area (Å²) >= 11 is 0.